The zero-order valence-corrected chi connectivity index (χ0v) is 14.6. The van der Waals surface area contributed by atoms with Gasteiger partial charge in [0.1, 0.15) is 11.5 Å². The fourth-order valence-electron chi connectivity index (χ4n) is 2.81. The summed E-state index contributed by atoms with van der Waals surface area (Å²) < 4.78 is 23.8. The average molecular weight is 363 g/mol. The normalized spacial score (nSPS) is 15.6. The van der Waals surface area contributed by atoms with Crippen molar-refractivity contribution in [1.82, 2.24) is 20.7 Å². The molecule has 0 radical (unpaired) electrons. The van der Waals surface area contributed by atoms with E-state index >= 15 is 0 Å². The summed E-state index contributed by atoms with van der Waals surface area (Å²) in [5.74, 6) is -0.270. The van der Waals surface area contributed by atoms with Crippen LogP contribution in [0.1, 0.15) is 29.8 Å². The third-order valence-corrected chi connectivity index (χ3v) is 4.26. The van der Waals surface area contributed by atoms with Gasteiger partial charge < -0.3 is 9.64 Å². The number of hydroxylamine groups is 1. The number of rotatable bonds is 7. The summed E-state index contributed by atoms with van der Waals surface area (Å²) in [6, 6.07) is 4.37. The molecular formula is C17H22FN5O3. The number of aliphatic imine (C=N–C) groups is 1. The number of hydrogen-bond acceptors (Lipinski definition) is 7. The van der Waals surface area contributed by atoms with Crippen LogP contribution in [-0.2, 0) is 11.3 Å². The van der Waals surface area contributed by atoms with Gasteiger partial charge in [0, 0.05) is 6.54 Å². The molecule has 0 atom stereocenters. The zero-order valence-electron chi connectivity index (χ0n) is 14.6. The molecular weight excluding hydrogens is 341 g/mol. The maximum atomic E-state index is 13.4. The molecule has 1 aromatic carbocycles. The minimum Gasteiger partial charge on any atom is -0.374 e. The number of nitrogens with zero attached hydrogens (tertiary/aromatic N) is 4. The van der Waals surface area contributed by atoms with Crippen molar-refractivity contribution in [3.63, 3.8) is 0 Å². The van der Waals surface area contributed by atoms with Gasteiger partial charge in [-0.3, -0.25) is 10.7 Å². The summed E-state index contributed by atoms with van der Waals surface area (Å²) >= 11 is 0. The molecule has 140 valence electrons. The summed E-state index contributed by atoms with van der Waals surface area (Å²) in [6.07, 6.45) is 2.48. The minimum absolute atomic E-state index is 0.0513. The molecule has 9 heteroatoms. The van der Waals surface area contributed by atoms with E-state index in [4.69, 9.17) is 9.37 Å². The quantitative estimate of drug-likeness (QED) is 0.337. The number of amidine groups is 1. The molecule has 2 aromatic rings. The number of ether oxygens (including phenoxy) is 1. The molecule has 1 aliphatic rings. The lowest BCUT2D eigenvalue weighted by atomic mass is 10.2. The molecule has 26 heavy (non-hydrogen) atoms. The van der Waals surface area contributed by atoms with Crippen molar-refractivity contribution in [2.45, 2.75) is 26.4 Å². The maximum Gasteiger partial charge on any atom is 0.182 e. The second-order valence-corrected chi connectivity index (χ2v) is 6.17. The van der Waals surface area contributed by atoms with E-state index in [9.17, 15) is 9.60 Å². The average Bonchev–Trinajstić information content (AvgIpc) is 3.31. The Bertz CT molecular complexity index is 759. The number of hydrogen-bond donors (Lipinski definition) is 2. The van der Waals surface area contributed by atoms with Gasteiger partial charge in [0.2, 0.25) is 0 Å². The first-order valence-electron chi connectivity index (χ1n) is 8.54. The van der Waals surface area contributed by atoms with Crippen molar-refractivity contribution in [3.8, 4) is 0 Å². The summed E-state index contributed by atoms with van der Waals surface area (Å²) in [7, 11) is 0. The molecule has 2 heterocycles. The molecule has 0 aliphatic carbocycles. The van der Waals surface area contributed by atoms with Gasteiger partial charge in [-0.05, 0) is 61.8 Å². The molecule has 0 saturated carbocycles. The van der Waals surface area contributed by atoms with Crippen molar-refractivity contribution >= 4 is 11.5 Å². The van der Waals surface area contributed by atoms with Crippen molar-refractivity contribution in [2.24, 2.45) is 4.99 Å². The Labute approximate surface area is 150 Å². The highest BCUT2D eigenvalue weighted by Gasteiger charge is 2.17. The van der Waals surface area contributed by atoms with Crippen LogP contribution < -0.4 is 5.48 Å². The van der Waals surface area contributed by atoms with Gasteiger partial charge in [-0.15, -0.1) is 0 Å². The highest BCUT2D eigenvalue weighted by atomic mass is 19.1. The molecule has 1 saturated heterocycles. The fourth-order valence-corrected chi connectivity index (χ4v) is 2.81. The lowest BCUT2D eigenvalue weighted by Crippen LogP contribution is -2.24. The van der Waals surface area contributed by atoms with Gasteiger partial charge in [0.15, 0.2) is 11.5 Å². The summed E-state index contributed by atoms with van der Waals surface area (Å²) in [5, 5.41) is 17.0. The molecule has 2 N–H and O–H groups in total. The number of benzene rings is 1. The van der Waals surface area contributed by atoms with Crippen molar-refractivity contribution in [1.29, 1.82) is 0 Å². The van der Waals surface area contributed by atoms with Crippen LogP contribution in [0.2, 0.25) is 0 Å². The summed E-state index contributed by atoms with van der Waals surface area (Å²) in [4.78, 5) is 6.58. The second kappa shape index (κ2) is 8.84. The molecule has 1 aromatic heterocycles. The van der Waals surface area contributed by atoms with Crippen LogP contribution in [0.4, 0.5) is 10.1 Å². The molecule has 0 unspecified atom stereocenters. The standard InChI is InChI=1S/C17H22FN5O3/c1-12-10-13(4-5-14(12)18)19-17(20-24)16-15(21-26-22-16)11-25-9-8-23-6-2-3-7-23/h4-5,10,24H,2-3,6-9,11H2,1H3,(H,19,20). The highest BCUT2D eigenvalue weighted by Crippen LogP contribution is 2.18. The lowest BCUT2D eigenvalue weighted by Gasteiger charge is -2.13. The molecule has 0 spiro atoms. The number of aromatic nitrogens is 2. The van der Waals surface area contributed by atoms with E-state index in [0.717, 1.165) is 19.6 Å². The number of nitrogens with one attached hydrogen (secondary N) is 1. The second-order valence-electron chi connectivity index (χ2n) is 6.17. The smallest absolute Gasteiger partial charge is 0.182 e. The number of halogens is 1. The Morgan fingerprint density at radius 3 is 2.92 bits per heavy atom. The van der Waals surface area contributed by atoms with Gasteiger partial charge >= 0.3 is 0 Å². The molecule has 1 aliphatic heterocycles. The molecule has 8 nitrogen and oxygen atoms in total. The predicted molar refractivity (Wildman–Crippen MR) is 91.9 cm³/mol. The number of aryl methyl sites for hydroxylation is 1. The van der Waals surface area contributed by atoms with E-state index in [1.165, 1.54) is 25.0 Å². The van der Waals surface area contributed by atoms with E-state index in [0.29, 0.717) is 23.6 Å². The highest BCUT2D eigenvalue weighted by molar-refractivity contribution is 5.98. The van der Waals surface area contributed by atoms with E-state index in [2.05, 4.69) is 20.2 Å². The van der Waals surface area contributed by atoms with Crippen molar-refractivity contribution < 1.29 is 19.0 Å². The first-order valence-corrected chi connectivity index (χ1v) is 8.54. The van der Waals surface area contributed by atoms with Crippen LogP contribution in [0.15, 0.2) is 27.8 Å². The van der Waals surface area contributed by atoms with Crippen LogP contribution in [0.25, 0.3) is 0 Å². The van der Waals surface area contributed by atoms with Crippen molar-refractivity contribution in [3.05, 3.63) is 41.0 Å². The van der Waals surface area contributed by atoms with Crippen LogP contribution in [-0.4, -0.2) is 52.5 Å². The summed E-state index contributed by atoms with van der Waals surface area (Å²) in [5.41, 5.74) is 3.57. The van der Waals surface area contributed by atoms with Crippen LogP contribution in [0.5, 0.6) is 0 Å². The van der Waals surface area contributed by atoms with E-state index < -0.39 is 0 Å². The molecule has 3 rings (SSSR count). The van der Waals surface area contributed by atoms with Gasteiger partial charge in [0.05, 0.1) is 18.9 Å². The Morgan fingerprint density at radius 1 is 1.38 bits per heavy atom. The lowest BCUT2D eigenvalue weighted by molar-refractivity contribution is 0.0948. The minimum atomic E-state index is -0.322. The molecule has 0 amide bonds. The third kappa shape index (κ3) is 4.63. The summed E-state index contributed by atoms with van der Waals surface area (Å²) in [6.45, 7) is 5.50. The van der Waals surface area contributed by atoms with Crippen LogP contribution in [0, 0.1) is 12.7 Å². The Hall–Kier alpha value is -2.36. The van der Waals surface area contributed by atoms with E-state index in [1.807, 2.05) is 5.48 Å². The Morgan fingerprint density at radius 2 is 2.19 bits per heavy atom. The van der Waals surface area contributed by atoms with Gasteiger partial charge in [-0.1, -0.05) is 5.16 Å². The maximum absolute atomic E-state index is 13.4. The van der Waals surface area contributed by atoms with Gasteiger partial charge in [0.25, 0.3) is 0 Å². The SMILES string of the molecule is Cc1cc(N=C(NO)c2nonc2COCCN2CCCC2)ccc1F. The Balaban J connectivity index is 1.64. The molecule has 0 bridgehead atoms. The van der Waals surface area contributed by atoms with Crippen LogP contribution in [0.3, 0.4) is 0 Å². The first kappa shape index (κ1) is 18.4. The largest absolute Gasteiger partial charge is 0.374 e. The zero-order chi connectivity index (χ0) is 18.4. The number of likely N-dealkylation sites (tertiary alicyclic amines) is 1. The third-order valence-electron chi connectivity index (χ3n) is 4.26. The van der Waals surface area contributed by atoms with Crippen molar-refractivity contribution in [2.75, 3.05) is 26.2 Å². The van der Waals surface area contributed by atoms with Gasteiger partial charge in [-0.25, -0.2) is 14.0 Å². The van der Waals surface area contributed by atoms with E-state index in [-0.39, 0.29) is 24.0 Å². The monoisotopic (exact) mass is 363 g/mol. The van der Waals surface area contributed by atoms with Crippen LogP contribution >= 0.6 is 0 Å². The predicted octanol–water partition coefficient (Wildman–Crippen LogP) is 2.19. The Kier molecular flexibility index (Phi) is 6.26. The fraction of sp³-hybridized carbons (Fsp3) is 0.471. The topological polar surface area (TPSA) is 96.0 Å². The first-order chi connectivity index (χ1) is 12.7. The van der Waals surface area contributed by atoms with E-state index in [1.54, 1.807) is 13.0 Å². The molecule has 1 fully saturated rings. The van der Waals surface area contributed by atoms with Gasteiger partial charge in [-0.2, -0.15) is 0 Å².